The summed E-state index contributed by atoms with van der Waals surface area (Å²) in [6, 6.07) is 14.9. The fourth-order valence-corrected chi connectivity index (χ4v) is 3.39. The van der Waals surface area contributed by atoms with E-state index in [1.165, 1.54) is 0 Å². The second-order valence-corrected chi connectivity index (χ2v) is 6.92. The predicted octanol–water partition coefficient (Wildman–Crippen LogP) is 4.27. The molecule has 0 saturated heterocycles. The molecular weight excluding hydrogens is 390 g/mol. The van der Waals surface area contributed by atoms with Crippen LogP contribution in [0.15, 0.2) is 65.7 Å². The largest absolute Gasteiger partial charge is 0.497 e. The Morgan fingerprint density at radius 1 is 1.07 bits per heavy atom. The summed E-state index contributed by atoms with van der Waals surface area (Å²) in [6.07, 6.45) is 3.52. The van der Waals surface area contributed by atoms with Gasteiger partial charge in [-0.05, 0) is 48.9 Å². The lowest BCUT2D eigenvalue weighted by atomic mass is 10.1. The van der Waals surface area contributed by atoms with Crippen LogP contribution in [0.5, 0.6) is 11.5 Å². The summed E-state index contributed by atoms with van der Waals surface area (Å²) in [4.78, 5) is 12.9. The number of ether oxygens (including phenoxy) is 2. The maximum atomic E-state index is 12.9. The SMILES string of the molecule is CCOc1ccc(-c2cc3c(=O)n(Cc4ccc(OC)cc4)ccn3n2)cc1Cl. The van der Waals surface area contributed by atoms with Crippen LogP contribution in [0, 0.1) is 0 Å². The highest BCUT2D eigenvalue weighted by atomic mass is 35.5. The molecule has 6 nitrogen and oxygen atoms in total. The summed E-state index contributed by atoms with van der Waals surface area (Å²) in [5.41, 5.74) is 2.90. The first-order valence-electron chi connectivity index (χ1n) is 9.23. The number of hydrogen-bond acceptors (Lipinski definition) is 4. The zero-order valence-electron chi connectivity index (χ0n) is 16.1. The van der Waals surface area contributed by atoms with E-state index in [2.05, 4.69) is 5.10 Å². The summed E-state index contributed by atoms with van der Waals surface area (Å²) in [5.74, 6) is 1.41. The maximum absolute atomic E-state index is 12.9. The first-order chi connectivity index (χ1) is 14.1. The second kappa shape index (κ2) is 8.01. The van der Waals surface area contributed by atoms with Gasteiger partial charge in [0.2, 0.25) is 0 Å². The molecule has 0 fully saturated rings. The molecule has 0 aliphatic heterocycles. The molecule has 2 aromatic carbocycles. The molecule has 0 N–H and O–H groups in total. The molecule has 0 aliphatic rings. The number of nitrogens with zero attached hydrogens (tertiary/aromatic N) is 3. The van der Waals surface area contributed by atoms with E-state index in [1.54, 1.807) is 40.7 Å². The fraction of sp³-hybridized carbons (Fsp3) is 0.182. The Morgan fingerprint density at radius 3 is 2.55 bits per heavy atom. The van der Waals surface area contributed by atoms with Gasteiger partial charge in [0.05, 0.1) is 31.0 Å². The van der Waals surface area contributed by atoms with Crippen molar-refractivity contribution in [2.75, 3.05) is 13.7 Å². The number of fused-ring (bicyclic) bond motifs is 1. The molecule has 7 heteroatoms. The predicted molar refractivity (Wildman–Crippen MR) is 113 cm³/mol. The van der Waals surface area contributed by atoms with E-state index in [0.717, 1.165) is 16.9 Å². The molecule has 2 heterocycles. The molecule has 0 atom stereocenters. The molecule has 0 unspecified atom stereocenters. The molecule has 0 aliphatic carbocycles. The Morgan fingerprint density at radius 2 is 1.86 bits per heavy atom. The number of halogens is 1. The summed E-state index contributed by atoms with van der Waals surface area (Å²) >= 11 is 6.29. The van der Waals surface area contributed by atoms with Gasteiger partial charge in [-0.1, -0.05) is 23.7 Å². The number of benzene rings is 2. The van der Waals surface area contributed by atoms with E-state index in [0.29, 0.717) is 35.1 Å². The topological polar surface area (TPSA) is 57.8 Å². The van der Waals surface area contributed by atoms with E-state index in [9.17, 15) is 4.79 Å². The van der Waals surface area contributed by atoms with E-state index in [1.807, 2.05) is 43.3 Å². The standard InChI is InChI=1S/C22H20ClN3O3/c1-3-29-21-9-6-16(12-18(21)23)19-13-20-22(27)25(10-11-26(20)24-19)14-15-4-7-17(28-2)8-5-15/h4-13H,3,14H2,1-2H3. The number of aromatic nitrogens is 3. The van der Waals surface area contributed by atoms with Crippen LogP contribution in [0.2, 0.25) is 5.02 Å². The van der Waals surface area contributed by atoms with Crippen LogP contribution >= 0.6 is 11.6 Å². The van der Waals surface area contributed by atoms with Gasteiger partial charge < -0.3 is 14.0 Å². The average Bonchev–Trinajstić information content (AvgIpc) is 3.17. The Hall–Kier alpha value is -3.25. The quantitative estimate of drug-likeness (QED) is 0.477. The van der Waals surface area contributed by atoms with Gasteiger partial charge in [-0.3, -0.25) is 4.79 Å². The van der Waals surface area contributed by atoms with Gasteiger partial charge in [-0.2, -0.15) is 5.10 Å². The van der Waals surface area contributed by atoms with Gasteiger partial charge in [0, 0.05) is 18.0 Å². The van der Waals surface area contributed by atoms with Crippen molar-refractivity contribution < 1.29 is 9.47 Å². The molecular formula is C22H20ClN3O3. The molecule has 2 aromatic heterocycles. The van der Waals surface area contributed by atoms with Crippen molar-refractivity contribution in [1.29, 1.82) is 0 Å². The van der Waals surface area contributed by atoms with Gasteiger partial charge in [0.15, 0.2) is 0 Å². The van der Waals surface area contributed by atoms with E-state index in [-0.39, 0.29) is 5.56 Å². The highest BCUT2D eigenvalue weighted by Gasteiger charge is 2.11. The Balaban J connectivity index is 1.67. The molecule has 0 saturated carbocycles. The summed E-state index contributed by atoms with van der Waals surface area (Å²) in [5, 5.41) is 5.03. The lowest BCUT2D eigenvalue weighted by molar-refractivity contribution is 0.340. The molecule has 29 heavy (non-hydrogen) atoms. The molecule has 0 bridgehead atoms. The highest BCUT2D eigenvalue weighted by Crippen LogP contribution is 2.30. The van der Waals surface area contributed by atoms with Gasteiger partial charge >= 0.3 is 0 Å². The van der Waals surface area contributed by atoms with Crippen LogP contribution in [0.3, 0.4) is 0 Å². The maximum Gasteiger partial charge on any atom is 0.276 e. The van der Waals surface area contributed by atoms with Crippen molar-refractivity contribution in [3.63, 3.8) is 0 Å². The molecule has 0 amide bonds. The fourth-order valence-electron chi connectivity index (χ4n) is 3.15. The van der Waals surface area contributed by atoms with Crippen LogP contribution in [-0.4, -0.2) is 27.9 Å². The van der Waals surface area contributed by atoms with E-state index >= 15 is 0 Å². The van der Waals surface area contributed by atoms with Crippen molar-refractivity contribution in [1.82, 2.24) is 14.2 Å². The summed E-state index contributed by atoms with van der Waals surface area (Å²) in [6.45, 7) is 2.92. The number of hydrogen-bond donors (Lipinski definition) is 0. The zero-order valence-corrected chi connectivity index (χ0v) is 16.9. The lowest BCUT2D eigenvalue weighted by Gasteiger charge is -2.07. The normalized spacial score (nSPS) is 11.0. The van der Waals surface area contributed by atoms with E-state index < -0.39 is 0 Å². The minimum Gasteiger partial charge on any atom is -0.497 e. The van der Waals surface area contributed by atoms with Crippen molar-refractivity contribution in [2.24, 2.45) is 0 Å². The smallest absolute Gasteiger partial charge is 0.276 e. The Bertz CT molecular complexity index is 1210. The van der Waals surface area contributed by atoms with Crippen LogP contribution in [0.1, 0.15) is 12.5 Å². The van der Waals surface area contributed by atoms with Crippen LogP contribution in [-0.2, 0) is 6.54 Å². The molecule has 4 rings (SSSR count). The highest BCUT2D eigenvalue weighted by molar-refractivity contribution is 6.32. The van der Waals surface area contributed by atoms with Crippen LogP contribution in [0.25, 0.3) is 16.8 Å². The molecule has 148 valence electrons. The van der Waals surface area contributed by atoms with Crippen LogP contribution in [0.4, 0.5) is 0 Å². The van der Waals surface area contributed by atoms with Crippen molar-refractivity contribution in [2.45, 2.75) is 13.5 Å². The number of methoxy groups -OCH3 is 1. The third-order valence-electron chi connectivity index (χ3n) is 4.64. The van der Waals surface area contributed by atoms with Crippen molar-refractivity contribution in [3.05, 3.63) is 81.9 Å². The van der Waals surface area contributed by atoms with Crippen molar-refractivity contribution in [3.8, 4) is 22.8 Å². The third-order valence-corrected chi connectivity index (χ3v) is 4.94. The van der Waals surface area contributed by atoms with Gasteiger partial charge in [-0.25, -0.2) is 4.52 Å². The van der Waals surface area contributed by atoms with E-state index in [4.69, 9.17) is 21.1 Å². The monoisotopic (exact) mass is 409 g/mol. The van der Waals surface area contributed by atoms with Crippen LogP contribution < -0.4 is 15.0 Å². The first kappa shape index (κ1) is 19.1. The van der Waals surface area contributed by atoms with Gasteiger partial charge in [-0.15, -0.1) is 0 Å². The lowest BCUT2D eigenvalue weighted by Crippen LogP contribution is -2.21. The molecule has 0 spiro atoms. The Kier molecular flexibility index (Phi) is 5.27. The Labute approximate surface area is 172 Å². The summed E-state index contributed by atoms with van der Waals surface area (Å²) in [7, 11) is 1.63. The minimum atomic E-state index is -0.112. The zero-order chi connectivity index (χ0) is 20.4. The second-order valence-electron chi connectivity index (χ2n) is 6.52. The summed E-state index contributed by atoms with van der Waals surface area (Å²) < 4.78 is 13.9. The third kappa shape index (κ3) is 3.84. The van der Waals surface area contributed by atoms with Gasteiger partial charge in [0.25, 0.3) is 5.56 Å². The minimum absolute atomic E-state index is 0.112. The number of rotatable bonds is 6. The van der Waals surface area contributed by atoms with Gasteiger partial charge in [0.1, 0.15) is 17.0 Å². The molecule has 4 aromatic rings. The molecule has 0 radical (unpaired) electrons. The average molecular weight is 410 g/mol. The first-order valence-corrected chi connectivity index (χ1v) is 9.61. The van der Waals surface area contributed by atoms with Crippen molar-refractivity contribution >= 4 is 17.1 Å².